The molecule has 7 heteroatoms. The summed E-state index contributed by atoms with van der Waals surface area (Å²) in [5, 5.41) is 2.69. The van der Waals surface area contributed by atoms with E-state index in [-0.39, 0.29) is 10.7 Å². The lowest BCUT2D eigenvalue weighted by Crippen LogP contribution is -2.38. The van der Waals surface area contributed by atoms with Crippen molar-refractivity contribution in [2.24, 2.45) is 0 Å². The van der Waals surface area contributed by atoms with Crippen molar-refractivity contribution in [1.82, 2.24) is 0 Å². The predicted octanol–water partition coefficient (Wildman–Crippen LogP) is 4.34. The van der Waals surface area contributed by atoms with Crippen molar-refractivity contribution in [2.75, 3.05) is 16.2 Å². The molecule has 1 N–H and O–H groups in total. The highest BCUT2D eigenvalue weighted by atomic mass is 32.2. The third kappa shape index (κ3) is 5.38. The second-order valence-electron chi connectivity index (χ2n) is 7.35. The second kappa shape index (κ2) is 9.14. The number of nitrogens with one attached hydrogen (secondary N) is 1. The van der Waals surface area contributed by atoms with Crippen LogP contribution in [-0.2, 0) is 14.8 Å². The normalized spacial score (nSPS) is 11.1. The van der Waals surface area contributed by atoms with Gasteiger partial charge in [-0.05, 0) is 62.7 Å². The van der Waals surface area contributed by atoms with Crippen molar-refractivity contribution in [2.45, 2.75) is 25.7 Å². The maximum Gasteiger partial charge on any atom is 0.264 e. The third-order valence-corrected chi connectivity index (χ3v) is 6.53. The largest absolute Gasteiger partial charge is 0.324 e. The SMILES string of the molecule is CC(=O)c1cccc(NC(=O)CN(c2cccc(C)c2)S(=O)(=O)c2ccc(C)cc2)c1. The molecule has 0 aliphatic carbocycles. The summed E-state index contributed by atoms with van der Waals surface area (Å²) in [7, 11) is -3.98. The monoisotopic (exact) mass is 436 g/mol. The minimum absolute atomic E-state index is 0.103. The number of amides is 1. The van der Waals surface area contributed by atoms with Gasteiger partial charge in [-0.2, -0.15) is 0 Å². The van der Waals surface area contributed by atoms with Crippen LogP contribution in [0.1, 0.15) is 28.4 Å². The molecule has 31 heavy (non-hydrogen) atoms. The summed E-state index contributed by atoms with van der Waals surface area (Å²) >= 11 is 0. The van der Waals surface area contributed by atoms with Gasteiger partial charge < -0.3 is 5.32 Å². The Morgan fingerprint density at radius 1 is 0.871 bits per heavy atom. The number of carbonyl (C=O) groups excluding carboxylic acids is 2. The Kier molecular flexibility index (Phi) is 6.56. The highest BCUT2D eigenvalue weighted by Crippen LogP contribution is 2.25. The number of ketones is 1. The molecule has 6 nitrogen and oxygen atoms in total. The average Bonchev–Trinajstić information content (AvgIpc) is 2.72. The quantitative estimate of drug-likeness (QED) is 0.559. The number of nitrogens with zero attached hydrogens (tertiary/aromatic N) is 1. The molecule has 0 aromatic heterocycles. The van der Waals surface area contributed by atoms with Gasteiger partial charge in [0.25, 0.3) is 10.0 Å². The Morgan fingerprint density at radius 2 is 1.55 bits per heavy atom. The minimum atomic E-state index is -3.98. The van der Waals surface area contributed by atoms with Crippen molar-refractivity contribution in [1.29, 1.82) is 0 Å². The summed E-state index contributed by atoms with van der Waals surface area (Å²) in [5.41, 5.74) is 3.09. The first kappa shape index (κ1) is 22.2. The summed E-state index contributed by atoms with van der Waals surface area (Å²) in [6, 6.07) is 20.0. The lowest BCUT2D eigenvalue weighted by Gasteiger charge is -2.24. The van der Waals surface area contributed by atoms with Gasteiger partial charge in [0.05, 0.1) is 10.6 Å². The van der Waals surface area contributed by atoms with Gasteiger partial charge in [-0.1, -0.05) is 42.0 Å². The number of sulfonamides is 1. The Balaban J connectivity index is 1.93. The van der Waals surface area contributed by atoms with E-state index in [0.717, 1.165) is 15.4 Å². The molecule has 0 aliphatic heterocycles. The topological polar surface area (TPSA) is 83.6 Å². The molecule has 0 aliphatic rings. The number of hydrogen-bond acceptors (Lipinski definition) is 4. The Morgan fingerprint density at radius 3 is 2.19 bits per heavy atom. The fraction of sp³-hybridized carbons (Fsp3) is 0.167. The van der Waals surface area contributed by atoms with Crippen molar-refractivity contribution in [3.8, 4) is 0 Å². The molecule has 0 saturated heterocycles. The molecule has 0 saturated carbocycles. The van der Waals surface area contributed by atoms with Crippen LogP contribution in [0.5, 0.6) is 0 Å². The van der Waals surface area contributed by atoms with E-state index in [9.17, 15) is 18.0 Å². The van der Waals surface area contributed by atoms with Crippen LogP contribution >= 0.6 is 0 Å². The lowest BCUT2D eigenvalue weighted by molar-refractivity contribution is -0.114. The van der Waals surface area contributed by atoms with E-state index in [1.165, 1.54) is 19.1 Å². The molecular weight excluding hydrogens is 412 g/mol. The summed E-state index contributed by atoms with van der Waals surface area (Å²) in [6.45, 7) is 4.75. The fourth-order valence-corrected chi connectivity index (χ4v) is 4.50. The van der Waals surface area contributed by atoms with Crippen LogP contribution in [-0.4, -0.2) is 26.7 Å². The standard InChI is InChI=1S/C24H24N2O4S/c1-17-10-12-23(13-11-17)31(29,30)26(22-9-4-6-18(2)14-22)16-24(28)25-21-8-5-7-20(15-21)19(3)27/h4-15H,16H2,1-3H3,(H,25,28). The molecule has 0 heterocycles. The Hall–Kier alpha value is -3.45. The summed E-state index contributed by atoms with van der Waals surface area (Å²) < 4.78 is 27.9. The molecule has 3 rings (SSSR count). The molecule has 3 aromatic carbocycles. The fourth-order valence-electron chi connectivity index (χ4n) is 3.08. The minimum Gasteiger partial charge on any atom is -0.324 e. The van der Waals surface area contributed by atoms with Crippen molar-refractivity contribution in [3.63, 3.8) is 0 Å². The lowest BCUT2D eigenvalue weighted by atomic mass is 10.1. The van der Waals surface area contributed by atoms with Gasteiger partial charge in [0, 0.05) is 11.3 Å². The van der Waals surface area contributed by atoms with E-state index in [4.69, 9.17) is 0 Å². The summed E-state index contributed by atoms with van der Waals surface area (Å²) in [6.07, 6.45) is 0. The predicted molar refractivity (Wildman–Crippen MR) is 122 cm³/mol. The number of rotatable bonds is 7. The van der Waals surface area contributed by atoms with Crippen LogP contribution < -0.4 is 9.62 Å². The highest BCUT2D eigenvalue weighted by Gasteiger charge is 2.27. The maximum absolute atomic E-state index is 13.4. The van der Waals surface area contributed by atoms with Crippen LogP contribution in [0.2, 0.25) is 0 Å². The number of anilines is 2. The van der Waals surface area contributed by atoms with E-state index in [1.807, 2.05) is 19.9 Å². The van der Waals surface area contributed by atoms with E-state index < -0.39 is 22.5 Å². The van der Waals surface area contributed by atoms with Crippen LogP contribution in [0, 0.1) is 13.8 Å². The van der Waals surface area contributed by atoms with Gasteiger partial charge >= 0.3 is 0 Å². The first-order valence-corrected chi connectivity index (χ1v) is 11.2. The molecule has 0 radical (unpaired) electrons. The number of carbonyl (C=O) groups is 2. The van der Waals surface area contributed by atoms with Crippen molar-refractivity contribution < 1.29 is 18.0 Å². The van der Waals surface area contributed by atoms with Crippen LogP contribution in [0.3, 0.4) is 0 Å². The molecule has 1 amide bonds. The van der Waals surface area contributed by atoms with Gasteiger partial charge in [-0.25, -0.2) is 8.42 Å². The Bertz CT molecular complexity index is 1220. The molecular formula is C24H24N2O4S. The number of benzene rings is 3. The van der Waals surface area contributed by atoms with Crippen LogP contribution in [0.4, 0.5) is 11.4 Å². The number of Topliss-reactive ketones (excluding diaryl/α,β-unsaturated/α-hetero) is 1. The number of hydrogen-bond donors (Lipinski definition) is 1. The Labute approximate surface area is 182 Å². The molecule has 0 spiro atoms. The molecule has 3 aromatic rings. The summed E-state index contributed by atoms with van der Waals surface area (Å²) in [5.74, 6) is -0.641. The first-order chi connectivity index (χ1) is 14.7. The van der Waals surface area contributed by atoms with Gasteiger partial charge in [0.15, 0.2) is 5.78 Å². The van der Waals surface area contributed by atoms with Gasteiger partial charge in [0.2, 0.25) is 5.91 Å². The molecule has 0 bridgehead atoms. The zero-order valence-electron chi connectivity index (χ0n) is 17.6. The van der Waals surface area contributed by atoms with Gasteiger partial charge in [-0.15, -0.1) is 0 Å². The average molecular weight is 437 g/mol. The second-order valence-corrected chi connectivity index (χ2v) is 9.21. The van der Waals surface area contributed by atoms with E-state index in [2.05, 4.69) is 5.32 Å². The van der Waals surface area contributed by atoms with Gasteiger partial charge in [-0.3, -0.25) is 13.9 Å². The molecule has 0 fully saturated rings. The van der Waals surface area contributed by atoms with Crippen LogP contribution in [0.15, 0.2) is 77.7 Å². The first-order valence-electron chi connectivity index (χ1n) is 9.74. The van der Waals surface area contributed by atoms with E-state index in [0.29, 0.717) is 16.9 Å². The van der Waals surface area contributed by atoms with E-state index in [1.54, 1.807) is 54.6 Å². The van der Waals surface area contributed by atoms with Crippen LogP contribution in [0.25, 0.3) is 0 Å². The summed E-state index contributed by atoms with van der Waals surface area (Å²) in [4.78, 5) is 24.5. The van der Waals surface area contributed by atoms with Gasteiger partial charge in [0.1, 0.15) is 6.54 Å². The van der Waals surface area contributed by atoms with E-state index >= 15 is 0 Å². The number of aryl methyl sites for hydroxylation is 2. The smallest absolute Gasteiger partial charge is 0.264 e. The third-order valence-electron chi connectivity index (χ3n) is 4.74. The molecule has 160 valence electrons. The zero-order chi connectivity index (χ0) is 22.6. The van der Waals surface area contributed by atoms with Crippen molar-refractivity contribution in [3.05, 3.63) is 89.5 Å². The zero-order valence-corrected chi connectivity index (χ0v) is 18.4. The maximum atomic E-state index is 13.4. The highest BCUT2D eigenvalue weighted by molar-refractivity contribution is 7.92. The van der Waals surface area contributed by atoms with Crippen molar-refractivity contribution >= 4 is 33.1 Å². The molecule has 0 unspecified atom stereocenters. The molecule has 0 atom stereocenters.